The fraction of sp³-hybridized carbons (Fsp3) is 0.423. The minimum Gasteiger partial charge on any atom is -0.370 e. The highest BCUT2D eigenvalue weighted by Gasteiger charge is 2.29. The van der Waals surface area contributed by atoms with E-state index in [1.165, 1.54) is 54.9 Å². The maximum Gasteiger partial charge on any atom is 0.133 e. The number of anilines is 1. The lowest BCUT2D eigenvalue weighted by Crippen LogP contribution is -2.34. The normalized spacial score (nSPS) is 19.5. The topological polar surface area (TPSA) is 33.1 Å². The molecule has 2 aliphatic rings. The van der Waals surface area contributed by atoms with Crippen LogP contribution in [0, 0.1) is 6.92 Å². The van der Waals surface area contributed by atoms with E-state index in [-0.39, 0.29) is 0 Å². The smallest absolute Gasteiger partial charge is 0.133 e. The Labute approximate surface area is 190 Å². The Balaban J connectivity index is 1.48. The molecule has 1 saturated heterocycles. The van der Waals surface area contributed by atoms with E-state index in [0.29, 0.717) is 5.92 Å². The summed E-state index contributed by atoms with van der Waals surface area (Å²) in [6.45, 7) is 6.40. The van der Waals surface area contributed by atoms with Crippen LogP contribution in [0.1, 0.15) is 54.0 Å². The lowest BCUT2D eigenvalue weighted by molar-refractivity contribution is 0.198. The molecule has 4 nitrogen and oxygen atoms in total. The summed E-state index contributed by atoms with van der Waals surface area (Å²) in [7, 11) is 0. The van der Waals surface area contributed by atoms with E-state index in [1.807, 2.05) is 12.1 Å². The molecular formula is C26H31ClN4. The molecule has 1 atom stereocenters. The van der Waals surface area contributed by atoms with Crippen molar-refractivity contribution in [1.29, 1.82) is 0 Å². The molecule has 162 valence electrons. The zero-order valence-corrected chi connectivity index (χ0v) is 19.0. The minimum absolute atomic E-state index is 0.486. The van der Waals surface area contributed by atoms with Crippen molar-refractivity contribution >= 4 is 17.4 Å². The van der Waals surface area contributed by atoms with Crippen LogP contribution in [0.25, 0.3) is 5.69 Å². The van der Waals surface area contributed by atoms with Gasteiger partial charge in [-0.1, -0.05) is 41.9 Å². The van der Waals surface area contributed by atoms with Gasteiger partial charge in [-0.2, -0.15) is 5.10 Å². The van der Waals surface area contributed by atoms with E-state index < -0.39 is 0 Å². The highest BCUT2D eigenvalue weighted by molar-refractivity contribution is 6.30. The molecule has 2 aromatic carbocycles. The number of rotatable bonds is 4. The second-order valence-corrected chi connectivity index (χ2v) is 9.44. The zero-order valence-electron chi connectivity index (χ0n) is 18.3. The summed E-state index contributed by atoms with van der Waals surface area (Å²) in [4.78, 5) is 2.60. The zero-order chi connectivity index (χ0) is 21.2. The van der Waals surface area contributed by atoms with Crippen LogP contribution in [0.5, 0.6) is 0 Å². The van der Waals surface area contributed by atoms with Gasteiger partial charge in [-0.05, 0) is 74.9 Å². The summed E-state index contributed by atoms with van der Waals surface area (Å²) in [6, 6.07) is 16.9. The van der Waals surface area contributed by atoms with Crippen LogP contribution >= 0.6 is 11.6 Å². The van der Waals surface area contributed by atoms with E-state index in [9.17, 15) is 0 Å². The number of hydrogen-bond acceptors (Lipinski definition) is 3. The first kappa shape index (κ1) is 20.6. The van der Waals surface area contributed by atoms with E-state index in [2.05, 4.69) is 58.2 Å². The summed E-state index contributed by atoms with van der Waals surface area (Å²) in [5.41, 5.74) is 6.41. The third kappa shape index (κ3) is 4.37. The average Bonchev–Trinajstić information content (AvgIpc) is 2.95. The van der Waals surface area contributed by atoms with E-state index in [0.717, 1.165) is 42.3 Å². The van der Waals surface area contributed by atoms with Crippen molar-refractivity contribution in [3.05, 3.63) is 75.9 Å². The number of hydrogen-bond donors (Lipinski definition) is 1. The molecule has 0 saturated carbocycles. The summed E-state index contributed by atoms with van der Waals surface area (Å²) >= 11 is 6.23. The van der Waals surface area contributed by atoms with E-state index in [4.69, 9.17) is 16.7 Å². The van der Waals surface area contributed by atoms with Gasteiger partial charge in [0.2, 0.25) is 0 Å². The van der Waals surface area contributed by atoms with Crippen molar-refractivity contribution in [2.75, 3.05) is 25.0 Å². The molecule has 0 radical (unpaired) electrons. The molecule has 3 heterocycles. The molecule has 1 N–H and O–H groups in total. The first-order valence-corrected chi connectivity index (χ1v) is 12.0. The van der Waals surface area contributed by atoms with Gasteiger partial charge in [0.25, 0.3) is 0 Å². The van der Waals surface area contributed by atoms with Gasteiger partial charge in [0.15, 0.2) is 0 Å². The molecule has 0 aliphatic carbocycles. The number of aromatic nitrogens is 2. The van der Waals surface area contributed by atoms with Gasteiger partial charge in [0, 0.05) is 36.1 Å². The molecule has 0 spiro atoms. The summed E-state index contributed by atoms with van der Waals surface area (Å²) in [5.74, 6) is 1.68. The summed E-state index contributed by atoms with van der Waals surface area (Å²) in [6.07, 6.45) is 5.98. The Morgan fingerprint density at radius 3 is 2.81 bits per heavy atom. The van der Waals surface area contributed by atoms with Crippen LogP contribution in [0.3, 0.4) is 0 Å². The molecule has 0 bridgehead atoms. The van der Waals surface area contributed by atoms with Crippen molar-refractivity contribution in [1.82, 2.24) is 14.7 Å². The summed E-state index contributed by atoms with van der Waals surface area (Å²) < 4.78 is 2.15. The SMILES string of the molecule is Cc1cc(Cl)ccc1-n1nc(C2CCCN(Cc3ccccc3)C2)c2c1NCCCC2. The lowest BCUT2D eigenvalue weighted by Gasteiger charge is -2.32. The molecule has 3 aromatic rings. The number of aryl methyl sites for hydroxylation is 1. The second kappa shape index (κ2) is 9.05. The number of halogens is 1. The number of benzene rings is 2. The van der Waals surface area contributed by atoms with Crippen molar-refractivity contribution in [3.8, 4) is 5.69 Å². The van der Waals surface area contributed by atoms with E-state index >= 15 is 0 Å². The van der Waals surface area contributed by atoms with Gasteiger partial charge in [-0.25, -0.2) is 4.68 Å². The fourth-order valence-corrected chi connectivity index (χ4v) is 5.38. The number of fused-ring (bicyclic) bond motifs is 1. The van der Waals surface area contributed by atoms with Crippen LogP contribution in [-0.2, 0) is 13.0 Å². The Morgan fingerprint density at radius 1 is 1.10 bits per heavy atom. The van der Waals surface area contributed by atoms with Gasteiger partial charge in [-0.15, -0.1) is 0 Å². The number of nitrogens with zero attached hydrogens (tertiary/aromatic N) is 3. The van der Waals surface area contributed by atoms with Crippen molar-refractivity contribution in [3.63, 3.8) is 0 Å². The molecule has 31 heavy (non-hydrogen) atoms. The first-order valence-electron chi connectivity index (χ1n) is 11.6. The van der Waals surface area contributed by atoms with Crippen LogP contribution in [0.4, 0.5) is 5.82 Å². The maximum atomic E-state index is 6.23. The largest absolute Gasteiger partial charge is 0.370 e. The molecule has 5 rings (SSSR count). The molecule has 0 amide bonds. The Hall–Kier alpha value is -2.30. The Bertz CT molecular complexity index is 1040. The molecule has 1 aromatic heterocycles. The lowest BCUT2D eigenvalue weighted by atomic mass is 9.91. The van der Waals surface area contributed by atoms with Gasteiger partial charge in [0.05, 0.1) is 11.4 Å². The van der Waals surface area contributed by atoms with Crippen molar-refractivity contribution < 1.29 is 0 Å². The third-order valence-corrected chi connectivity index (χ3v) is 6.92. The third-order valence-electron chi connectivity index (χ3n) is 6.69. The van der Waals surface area contributed by atoms with E-state index in [1.54, 1.807) is 0 Å². The van der Waals surface area contributed by atoms with Crippen molar-refractivity contribution in [2.24, 2.45) is 0 Å². The Morgan fingerprint density at radius 2 is 1.97 bits per heavy atom. The average molecular weight is 435 g/mol. The number of piperidine rings is 1. The molecule has 1 fully saturated rings. The van der Waals surface area contributed by atoms with Crippen LogP contribution in [0.2, 0.25) is 5.02 Å². The molecule has 2 aliphatic heterocycles. The molecule has 5 heteroatoms. The standard InChI is InChI=1S/C26H31ClN4/c1-19-16-22(27)12-13-24(19)31-26-23(11-5-6-14-28-26)25(29-31)21-10-7-15-30(18-21)17-20-8-3-2-4-9-20/h2-4,8-9,12-13,16,21,28H,5-7,10-11,14-15,17-18H2,1H3. The maximum absolute atomic E-state index is 6.23. The van der Waals surface area contributed by atoms with Gasteiger partial charge >= 0.3 is 0 Å². The molecular weight excluding hydrogens is 404 g/mol. The summed E-state index contributed by atoms with van der Waals surface area (Å²) in [5, 5.41) is 9.72. The predicted molar refractivity (Wildman–Crippen MR) is 128 cm³/mol. The highest BCUT2D eigenvalue weighted by atomic mass is 35.5. The van der Waals surface area contributed by atoms with Gasteiger partial charge in [-0.3, -0.25) is 4.90 Å². The van der Waals surface area contributed by atoms with Crippen molar-refractivity contribution in [2.45, 2.75) is 51.5 Å². The highest BCUT2D eigenvalue weighted by Crippen LogP contribution is 2.36. The predicted octanol–water partition coefficient (Wildman–Crippen LogP) is 5.96. The fourth-order valence-electron chi connectivity index (χ4n) is 5.15. The Kier molecular flexibility index (Phi) is 6.02. The van der Waals surface area contributed by atoms with Crippen LogP contribution in [-0.4, -0.2) is 34.3 Å². The quantitative estimate of drug-likeness (QED) is 0.549. The van der Waals surface area contributed by atoms with Gasteiger partial charge in [0.1, 0.15) is 5.82 Å². The van der Waals surface area contributed by atoms with Crippen LogP contribution in [0.15, 0.2) is 48.5 Å². The number of likely N-dealkylation sites (tertiary alicyclic amines) is 1. The van der Waals surface area contributed by atoms with Crippen LogP contribution < -0.4 is 5.32 Å². The molecule has 1 unspecified atom stereocenters. The van der Waals surface area contributed by atoms with Gasteiger partial charge < -0.3 is 5.32 Å². The monoisotopic (exact) mass is 434 g/mol. The minimum atomic E-state index is 0.486. The number of nitrogens with one attached hydrogen (secondary N) is 1. The second-order valence-electron chi connectivity index (χ2n) is 9.00. The first-order chi connectivity index (χ1) is 15.2.